The van der Waals surface area contributed by atoms with Gasteiger partial charge in [-0.05, 0) is 33.5 Å². The summed E-state index contributed by atoms with van der Waals surface area (Å²) in [6.07, 6.45) is 3.75. The van der Waals surface area contributed by atoms with Crippen molar-refractivity contribution < 1.29 is 4.74 Å². The molecule has 0 amide bonds. The molecule has 1 aromatic rings. The van der Waals surface area contributed by atoms with Crippen LogP contribution in [0.2, 0.25) is 5.02 Å². The second-order valence-electron chi connectivity index (χ2n) is 3.99. The summed E-state index contributed by atoms with van der Waals surface area (Å²) in [5.41, 5.74) is 0. The molecule has 17 heavy (non-hydrogen) atoms. The monoisotopic (exact) mass is 258 g/mol. The van der Waals surface area contributed by atoms with Crippen molar-refractivity contribution in [1.82, 2.24) is 14.9 Å². The van der Waals surface area contributed by atoms with E-state index in [-0.39, 0.29) is 0 Å². The van der Waals surface area contributed by atoms with Crippen molar-refractivity contribution in [2.75, 3.05) is 39.6 Å². The molecule has 1 heterocycles. The van der Waals surface area contributed by atoms with E-state index in [4.69, 9.17) is 16.3 Å². The molecular formula is C11H19ClN4O. The quantitative estimate of drug-likeness (QED) is 0.757. The van der Waals surface area contributed by atoms with Crippen molar-refractivity contribution in [3.05, 3.63) is 11.2 Å². The van der Waals surface area contributed by atoms with Crippen molar-refractivity contribution in [3.8, 4) is 6.01 Å². The van der Waals surface area contributed by atoms with Gasteiger partial charge in [-0.15, -0.1) is 0 Å². The van der Waals surface area contributed by atoms with Crippen LogP contribution in [0.25, 0.3) is 0 Å². The highest BCUT2D eigenvalue weighted by Gasteiger charge is 2.04. The number of ether oxygens (including phenoxy) is 1. The molecule has 0 aliphatic heterocycles. The third-order valence-corrected chi connectivity index (χ3v) is 2.51. The Morgan fingerprint density at radius 3 is 2.82 bits per heavy atom. The number of halogens is 1. The van der Waals surface area contributed by atoms with Crippen LogP contribution in [0.5, 0.6) is 6.01 Å². The summed E-state index contributed by atoms with van der Waals surface area (Å²) in [6, 6.07) is 0.324. The average molecular weight is 259 g/mol. The lowest BCUT2D eigenvalue weighted by atomic mass is 10.3. The molecule has 6 heteroatoms. The molecule has 0 radical (unpaired) electrons. The molecule has 0 aromatic carbocycles. The molecule has 1 aromatic heterocycles. The van der Waals surface area contributed by atoms with Crippen LogP contribution in [0, 0.1) is 0 Å². The van der Waals surface area contributed by atoms with Gasteiger partial charge in [-0.1, -0.05) is 11.6 Å². The van der Waals surface area contributed by atoms with Gasteiger partial charge in [-0.25, -0.2) is 4.98 Å². The second kappa shape index (κ2) is 7.29. The normalized spacial score (nSPS) is 10.6. The van der Waals surface area contributed by atoms with E-state index < -0.39 is 0 Å². The van der Waals surface area contributed by atoms with E-state index in [0.717, 1.165) is 25.9 Å². The summed E-state index contributed by atoms with van der Waals surface area (Å²) in [4.78, 5) is 10.2. The highest BCUT2D eigenvalue weighted by atomic mass is 35.5. The standard InChI is InChI=1S/C11H19ClN4O/c1-16(2)7-5-4-6-13-10-9(12)8-14-11(15-10)17-3/h8H,4-7H2,1-3H3,(H,13,14,15). The van der Waals surface area contributed by atoms with Crippen LogP contribution in [-0.2, 0) is 0 Å². The van der Waals surface area contributed by atoms with Gasteiger partial charge in [0.1, 0.15) is 5.02 Å². The number of methoxy groups -OCH3 is 1. The second-order valence-corrected chi connectivity index (χ2v) is 4.40. The van der Waals surface area contributed by atoms with E-state index in [0.29, 0.717) is 16.9 Å². The van der Waals surface area contributed by atoms with E-state index in [1.807, 2.05) is 0 Å². The summed E-state index contributed by atoms with van der Waals surface area (Å²) in [6.45, 7) is 1.93. The van der Waals surface area contributed by atoms with Gasteiger partial charge >= 0.3 is 6.01 Å². The summed E-state index contributed by atoms with van der Waals surface area (Å²) in [7, 11) is 5.67. The maximum Gasteiger partial charge on any atom is 0.318 e. The Labute approximate surface area is 107 Å². The molecule has 1 rings (SSSR count). The molecule has 1 N–H and O–H groups in total. The lowest BCUT2D eigenvalue weighted by molar-refractivity contribution is 0.380. The van der Waals surface area contributed by atoms with Gasteiger partial charge in [0.15, 0.2) is 5.82 Å². The van der Waals surface area contributed by atoms with Crippen LogP contribution in [0.15, 0.2) is 6.20 Å². The lowest BCUT2D eigenvalue weighted by Gasteiger charge is -2.10. The largest absolute Gasteiger partial charge is 0.467 e. The number of aromatic nitrogens is 2. The number of anilines is 1. The van der Waals surface area contributed by atoms with E-state index in [9.17, 15) is 0 Å². The zero-order chi connectivity index (χ0) is 12.7. The Morgan fingerprint density at radius 1 is 1.41 bits per heavy atom. The van der Waals surface area contributed by atoms with Crippen molar-refractivity contribution >= 4 is 17.4 Å². The molecule has 0 unspecified atom stereocenters. The first-order valence-corrected chi connectivity index (χ1v) is 5.96. The molecular weight excluding hydrogens is 240 g/mol. The summed E-state index contributed by atoms with van der Waals surface area (Å²) in [5, 5.41) is 3.69. The molecule has 0 aliphatic carbocycles. The Kier molecular flexibility index (Phi) is 6.00. The van der Waals surface area contributed by atoms with Gasteiger partial charge in [0.25, 0.3) is 0 Å². The topological polar surface area (TPSA) is 50.3 Å². The maximum absolute atomic E-state index is 5.97. The van der Waals surface area contributed by atoms with Gasteiger partial charge in [-0.2, -0.15) is 4.98 Å². The van der Waals surface area contributed by atoms with Crippen LogP contribution >= 0.6 is 11.6 Å². The van der Waals surface area contributed by atoms with Gasteiger partial charge < -0.3 is 15.0 Å². The third kappa shape index (κ3) is 5.19. The van der Waals surface area contributed by atoms with Crippen LogP contribution in [0.3, 0.4) is 0 Å². The lowest BCUT2D eigenvalue weighted by Crippen LogP contribution is -2.14. The van der Waals surface area contributed by atoms with E-state index in [2.05, 4.69) is 34.3 Å². The smallest absolute Gasteiger partial charge is 0.318 e. The Bertz CT molecular complexity index is 346. The molecule has 0 saturated heterocycles. The zero-order valence-corrected chi connectivity index (χ0v) is 11.3. The van der Waals surface area contributed by atoms with E-state index >= 15 is 0 Å². The van der Waals surface area contributed by atoms with E-state index in [1.165, 1.54) is 13.3 Å². The molecule has 0 saturated carbocycles. The minimum atomic E-state index is 0.324. The van der Waals surface area contributed by atoms with Crippen molar-refractivity contribution in [3.63, 3.8) is 0 Å². The number of hydrogen-bond acceptors (Lipinski definition) is 5. The van der Waals surface area contributed by atoms with Crippen molar-refractivity contribution in [1.29, 1.82) is 0 Å². The first-order chi connectivity index (χ1) is 8.13. The molecule has 5 nitrogen and oxygen atoms in total. The molecule has 0 atom stereocenters. The molecule has 0 fully saturated rings. The summed E-state index contributed by atoms with van der Waals surface area (Å²) < 4.78 is 4.94. The third-order valence-electron chi connectivity index (χ3n) is 2.23. The van der Waals surface area contributed by atoms with Gasteiger partial charge in [-0.3, -0.25) is 0 Å². The minimum absolute atomic E-state index is 0.324. The molecule has 0 spiro atoms. The first-order valence-electron chi connectivity index (χ1n) is 5.58. The van der Waals surface area contributed by atoms with Gasteiger partial charge in [0.2, 0.25) is 0 Å². The summed E-state index contributed by atoms with van der Waals surface area (Å²) in [5.74, 6) is 0.628. The van der Waals surface area contributed by atoms with Gasteiger partial charge in [0.05, 0.1) is 13.3 Å². The fraction of sp³-hybridized carbons (Fsp3) is 0.636. The summed E-state index contributed by atoms with van der Waals surface area (Å²) >= 11 is 5.97. The number of nitrogens with one attached hydrogen (secondary N) is 1. The van der Waals surface area contributed by atoms with Gasteiger partial charge in [0, 0.05) is 6.54 Å². The number of nitrogens with zero attached hydrogens (tertiary/aromatic N) is 3. The zero-order valence-electron chi connectivity index (χ0n) is 10.5. The highest BCUT2D eigenvalue weighted by molar-refractivity contribution is 6.32. The van der Waals surface area contributed by atoms with Crippen molar-refractivity contribution in [2.45, 2.75) is 12.8 Å². The maximum atomic E-state index is 5.97. The molecule has 0 bridgehead atoms. The molecule has 0 aliphatic rings. The van der Waals surface area contributed by atoms with Crippen LogP contribution in [-0.4, -0.2) is 49.2 Å². The van der Waals surface area contributed by atoms with Crippen LogP contribution < -0.4 is 10.1 Å². The van der Waals surface area contributed by atoms with Crippen molar-refractivity contribution in [2.24, 2.45) is 0 Å². The molecule has 96 valence electrons. The fourth-order valence-electron chi connectivity index (χ4n) is 1.33. The fourth-order valence-corrected chi connectivity index (χ4v) is 1.49. The number of unbranched alkanes of at least 4 members (excludes halogenated alkanes) is 1. The SMILES string of the molecule is COc1ncc(Cl)c(NCCCCN(C)C)n1. The highest BCUT2D eigenvalue weighted by Crippen LogP contribution is 2.19. The predicted molar refractivity (Wildman–Crippen MR) is 69.9 cm³/mol. The predicted octanol–water partition coefficient (Wildman–Crippen LogP) is 1.89. The number of rotatable bonds is 7. The Balaban J connectivity index is 2.35. The minimum Gasteiger partial charge on any atom is -0.467 e. The van der Waals surface area contributed by atoms with Crippen LogP contribution in [0.4, 0.5) is 5.82 Å². The first kappa shape index (κ1) is 14.0. The average Bonchev–Trinajstić information content (AvgIpc) is 2.30. The number of hydrogen-bond donors (Lipinski definition) is 1. The van der Waals surface area contributed by atoms with E-state index in [1.54, 1.807) is 0 Å². The van der Waals surface area contributed by atoms with Crippen LogP contribution in [0.1, 0.15) is 12.8 Å². The Morgan fingerprint density at radius 2 is 2.18 bits per heavy atom. The Hall–Kier alpha value is -1.07.